The van der Waals surface area contributed by atoms with Crippen LogP contribution in [0.2, 0.25) is 0 Å². The van der Waals surface area contributed by atoms with Gasteiger partial charge in [-0.1, -0.05) is 11.2 Å². The molecule has 0 aliphatic carbocycles. The zero-order valence-corrected chi connectivity index (χ0v) is 14.6. The van der Waals surface area contributed by atoms with Gasteiger partial charge in [0.15, 0.2) is 0 Å². The Morgan fingerprint density at radius 1 is 1.15 bits per heavy atom. The molecule has 4 rings (SSSR count). The summed E-state index contributed by atoms with van der Waals surface area (Å²) in [6.07, 6.45) is 8.24. The third-order valence-corrected chi connectivity index (χ3v) is 5.58. The van der Waals surface area contributed by atoms with Gasteiger partial charge < -0.3 is 14.3 Å². The number of nitrogens with zero attached hydrogens (tertiary/aromatic N) is 4. The number of rotatable bonds is 3. The summed E-state index contributed by atoms with van der Waals surface area (Å²) in [5, 5.41) is 3.61. The molecule has 2 aliphatic heterocycles. The van der Waals surface area contributed by atoms with Gasteiger partial charge >= 0.3 is 0 Å². The highest BCUT2D eigenvalue weighted by Crippen LogP contribution is 2.42. The number of amides is 2. The van der Waals surface area contributed by atoms with Gasteiger partial charge in [0.2, 0.25) is 11.7 Å². The van der Waals surface area contributed by atoms with Gasteiger partial charge in [-0.2, -0.15) is 0 Å². The van der Waals surface area contributed by atoms with Crippen LogP contribution in [0.4, 0.5) is 0 Å². The summed E-state index contributed by atoms with van der Waals surface area (Å²) >= 11 is 0. The van der Waals surface area contributed by atoms with Crippen LogP contribution in [0, 0.1) is 5.41 Å². The zero-order valence-electron chi connectivity index (χ0n) is 14.6. The summed E-state index contributed by atoms with van der Waals surface area (Å²) < 4.78 is 4.99. The van der Waals surface area contributed by atoms with Crippen molar-refractivity contribution in [2.24, 2.45) is 5.41 Å². The van der Waals surface area contributed by atoms with Crippen molar-refractivity contribution in [3.8, 4) is 0 Å². The molecule has 2 saturated heterocycles. The van der Waals surface area contributed by atoms with E-state index in [4.69, 9.17) is 4.52 Å². The molecule has 7 nitrogen and oxygen atoms in total. The van der Waals surface area contributed by atoms with Crippen molar-refractivity contribution >= 4 is 11.8 Å². The molecule has 4 heterocycles. The van der Waals surface area contributed by atoms with E-state index in [2.05, 4.69) is 10.1 Å². The van der Waals surface area contributed by atoms with E-state index in [1.54, 1.807) is 17.2 Å². The SMILES string of the molecule is O=C(c1ccno1)N1CCC[C@]2(CC1)CCN(Cc1cccnc1)C2=O. The first kappa shape index (κ1) is 16.8. The smallest absolute Gasteiger partial charge is 0.292 e. The molecule has 26 heavy (non-hydrogen) atoms. The van der Waals surface area contributed by atoms with Gasteiger partial charge in [-0.25, -0.2) is 0 Å². The van der Waals surface area contributed by atoms with Crippen LogP contribution < -0.4 is 0 Å². The average Bonchev–Trinajstić information content (AvgIpc) is 3.23. The molecule has 2 aliphatic rings. The molecule has 0 N–H and O–H groups in total. The van der Waals surface area contributed by atoms with Gasteiger partial charge in [-0.05, 0) is 37.3 Å². The van der Waals surface area contributed by atoms with E-state index in [9.17, 15) is 9.59 Å². The zero-order chi connectivity index (χ0) is 18.0. The second kappa shape index (κ2) is 6.90. The molecular weight excluding hydrogens is 332 g/mol. The molecule has 2 aromatic rings. The largest absolute Gasteiger partial charge is 0.351 e. The lowest BCUT2D eigenvalue weighted by atomic mass is 9.79. The van der Waals surface area contributed by atoms with Crippen LogP contribution in [-0.4, -0.2) is 51.4 Å². The lowest BCUT2D eigenvalue weighted by Crippen LogP contribution is -2.36. The molecule has 2 fully saturated rings. The second-order valence-corrected chi connectivity index (χ2v) is 7.14. The van der Waals surface area contributed by atoms with Crippen LogP contribution in [0.15, 0.2) is 41.3 Å². The summed E-state index contributed by atoms with van der Waals surface area (Å²) in [5.74, 6) is 0.337. The van der Waals surface area contributed by atoms with Crippen LogP contribution in [0.5, 0.6) is 0 Å². The lowest BCUT2D eigenvalue weighted by molar-refractivity contribution is -0.137. The Hall–Kier alpha value is -2.70. The van der Waals surface area contributed by atoms with E-state index in [0.29, 0.717) is 26.1 Å². The van der Waals surface area contributed by atoms with Crippen molar-refractivity contribution in [1.82, 2.24) is 19.9 Å². The topological polar surface area (TPSA) is 79.5 Å². The summed E-state index contributed by atoms with van der Waals surface area (Å²) in [4.78, 5) is 33.5. The summed E-state index contributed by atoms with van der Waals surface area (Å²) in [6.45, 7) is 2.60. The van der Waals surface area contributed by atoms with Gasteiger partial charge in [-0.3, -0.25) is 14.6 Å². The van der Waals surface area contributed by atoms with E-state index in [1.807, 2.05) is 23.2 Å². The number of hydrogen-bond donors (Lipinski definition) is 0. The summed E-state index contributed by atoms with van der Waals surface area (Å²) in [6, 6.07) is 5.47. The van der Waals surface area contributed by atoms with Crippen molar-refractivity contribution in [2.75, 3.05) is 19.6 Å². The first-order chi connectivity index (χ1) is 12.7. The van der Waals surface area contributed by atoms with E-state index in [-0.39, 0.29) is 23.0 Å². The van der Waals surface area contributed by atoms with Gasteiger partial charge in [-0.15, -0.1) is 0 Å². The molecule has 7 heteroatoms. The van der Waals surface area contributed by atoms with Crippen LogP contribution in [-0.2, 0) is 11.3 Å². The third-order valence-electron chi connectivity index (χ3n) is 5.58. The van der Waals surface area contributed by atoms with Gasteiger partial charge in [0, 0.05) is 44.6 Å². The number of aromatic nitrogens is 2. The first-order valence-corrected chi connectivity index (χ1v) is 9.06. The van der Waals surface area contributed by atoms with E-state index >= 15 is 0 Å². The summed E-state index contributed by atoms with van der Waals surface area (Å²) in [5.41, 5.74) is 0.715. The minimum atomic E-state index is -0.335. The maximum absolute atomic E-state index is 13.1. The Balaban J connectivity index is 1.43. The highest BCUT2D eigenvalue weighted by molar-refractivity contribution is 5.91. The van der Waals surface area contributed by atoms with Crippen LogP contribution in [0.25, 0.3) is 0 Å². The Labute approximate surface area is 152 Å². The standard InChI is InChI=1S/C19H22N4O3/c24-17(16-4-9-21-26-16)22-10-2-5-19(6-11-22)7-12-23(18(19)25)14-15-3-1-8-20-13-15/h1,3-4,8-9,13H,2,5-7,10-12,14H2/t19-/m0/s1. The molecule has 2 amide bonds. The molecule has 0 saturated carbocycles. The molecule has 0 unspecified atom stereocenters. The molecule has 0 radical (unpaired) electrons. The van der Waals surface area contributed by atoms with E-state index in [1.165, 1.54) is 6.20 Å². The van der Waals surface area contributed by atoms with Crippen LogP contribution >= 0.6 is 0 Å². The minimum absolute atomic E-state index is 0.141. The molecule has 136 valence electrons. The second-order valence-electron chi connectivity index (χ2n) is 7.14. The highest BCUT2D eigenvalue weighted by Gasteiger charge is 2.47. The maximum Gasteiger partial charge on any atom is 0.292 e. The van der Waals surface area contributed by atoms with Crippen LogP contribution in [0.3, 0.4) is 0 Å². The predicted molar refractivity (Wildman–Crippen MR) is 93.0 cm³/mol. The minimum Gasteiger partial charge on any atom is -0.351 e. The average molecular weight is 354 g/mol. The van der Waals surface area contributed by atoms with Crippen LogP contribution in [0.1, 0.15) is 41.8 Å². The Morgan fingerprint density at radius 3 is 2.81 bits per heavy atom. The van der Waals surface area contributed by atoms with E-state index < -0.39 is 0 Å². The van der Waals surface area contributed by atoms with Gasteiger partial charge in [0.05, 0.1) is 11.6 Å². The van der Waals surface area contributed by atoms with Crippen molar-refractivity contribution in [3.63, 3.8) is 0 Å². The number of hydrogen-bond acceptors (Lipinski definition) is 5. The number of carbonyl (C=O) groups is 2. The van der Waals surface area contributed by atoms with E-state index in [0.717, 1.165) is 31.4 Å². The normalized spacial score (nSPS) is 23.5. The number of likely N-dealkylation sites (tertiary alicyclic amines) is 2. The Morgan fingerprint density at radius 2 is 2.04 bits per heavy atom. The van der Waals surface area contributed by atoms with Crippen molar-refractivity contribution in [1.29, 1.82) is 0 Å². The fraction of sp³-hybridized carbons (Fsp3) is 0.474. The molecule has 0 bridgehead atoms. The number of pyridine rings is 1. The molecule has 0 aromatic carbocycles. The molecule has 1 spiro atoms. The molecule has 1 atom stereocenters. The first-order valence-electron chi connectivity index (χ1n) is 9.06. The Kier molecular flexibility index (Phi) is 4.44. The van der Waals surface area contributed by atoms with Gasteiger partial charge in [0.25, 0.3) is 5.91 Å². The molecule has 2 aromatic heterocycles. The fourth-order valence-corrected chi connectivity index (χ4v) is 4.10. The molecular formula is C19H22N4O3. The predicted octanol–water partition coefficient (Wildman–Crippen LogP) is 2.11. The highest BCUT2D eigenvalue weighted by atomic mass is 16.5. The van der Waals surface area contributed by atoms with Gasteiger partial charge in [0.1, 0.15) is 0 Å². The maximum atomic E-state index is 13.1. The number of carbonyl (C=O) groups excluding carboxylic acids is 2. The third kappa shape index (κ3) is 3.09. The quantitative estimate of drug-likeness (QED) is 0.843. The monoisotopic (exact) mass is 354 g/mol. The van der Waals surface area contributed by atoms with Crippen molar-refractivity contribution in [2.45, 2.75) is 32.2 Å². The van der Waals surface area contributed by atoms with Crippen molar-refractivity contribution in [3.05, 3.63) is 48.1 Å². The lowest BCUT2D eigenvalue weighted by Gasteiger charge is -2.26. The summed E-state index contributed by atoms with van der Waals surface area (Å²) in [7, 11) is 0. The fourth-order valence-electron chi connectivity index (χ4n) is 4.10. The Bertz CT molecular complexity index is 777. The van der Waals surface area contributed by atoms with Crippen molar-refractivity contribution < 1.29 is 14.1 Å².